The van der Waals surface area contributed by atoms with Crippen molar-refractivity contribution in [1.29, 1.82) is 0 Å². The van der Waals surface area contributed by atoms with Gasteiger partial charge < -0.3 is 14.8 Å². The quantitative estimate of drug-likeness (QED) is 0.520. The molecule has 2 fully saturated rings. The van der Waals surface area contributed by atoms with Crippen LogP contribution in [0.2, 0.25) is 0 Å². The van der Waals surface area contributed by atoms with Gasteiger partial charge in [-0.1, -0.05) is 6.42 Å². The predicted molar refractivity (Wildman–Crippen MR) is 55.4 cm³/mol. The van der Waals surface area contributed by atoms with Gasteiger partial charge in [0, 0.05) is 0 Å². The second-order valence-corrected chi connectivity index (χ2v) is 4.06. The third-order valence-corrected chi connectivity index (χ3v) is 2.99. The van der Waals surface area contributed by atoms with Crippen molar-refractivity contribution in [2.75, 3.05) is 7.11 Å². The third kappa shape index (κ3) is 2.18. The fraction of sp³-hybridized carbons (Fsp3) is 0.636. The highest BCUT2D eigenvalue weighted by molar-refractivity contribution is 5.96. The van der Waals surface area contributed by atoms with Gasteiger partial charge >= 0.3 is 11.9 Å². The molecule has 16 heavy (non-hydrogen) atoms. The summed E-state index contributed by atoms with van der Waals surface area (Å²) in [7, 11) is 1.27. The van der Waals surface area contributed by atoms with Crippen molar-refractivity contribution in [3.8, 4) is 0 Å². The fourth-order valence-corrected chi connectivity index (χ4v) is 2.14. The Morgan fingerprint density at radius 1 is 1.50 bits per heavy atom. The topological polar surface area (TPSA) is 64.6 Å². The van der Waals surface area contributed by atoms with Gasteiger partial charge in [-0.2, -0.15) is 0 Å². The highest BCUT2D eigenvalue weighted by Gasteiger charge is 2.35. The number of esters is 2. The highest BCUT2D eigenvalue weighted by atomic mass is 16.5. The number of carbonyl (C=O) groups is 2. The number of methoxy groups -OCH3 is 1. The Morgan fingerprint density at radius 2 is 2.25 bits per heavy atom. The summed E-state index contributed by atoms with van der Waals surface area (Å²) in [5.41, 5.74) is 0.204. The summed E-state index contributed by atoms with van der Waals surface area (Å²) < 4.78 is 9.74. The minimum Gasteiger partial charge on any atom is -0.466 e. The summed E-state index contributed by atoms with van der Waals surface area (Å²) in [5.74, 6) is -1.01. The standard InChI is InChI=1S/C11H15NO4/c1-15-10(13)6-8-11(14)16-9-5-3-2-4-7(9)12-8/h6-7,9,12H,2-5H2,1H3/b8-6-/t7-,9-/m0/s1. The lowest BCUT2D eigenvalue weighted by atomic mass is 9.91. The van der Waals surface area contributed by atoms with E-state index >= 15 is 0 Å². The second kappa shape index (κ2) is 4.55. The Morgan fingerprint density at radius 3 is 3.00 bits per heavy atom. The van der Waals surface area contributed by atoms with Gasteiger partial charge in [-0.05, 0) is 19.3 Å². The average Bonchev–Trinajstić information content (AvgIpc) is 2.30. The van der Waals surface area contributed by atoms with Crippen LogP contribution in [-0.4, -0.2) is 31.2 Å². The maximum Gasteiger partial charge on any atom is 0.355 e. The molecule has 0 aromatic rings. The van der Waals surface area contributed by atoms with Crippen molar-refractivity contribution in [2.24, 2.45) is 0 Å². The first kappa shape index (κ1) is 11.0. The number of morpholine rings is 1. The van der Waals surface area contributed by atoms with Crippen LogP contribution in [0.3, 0.4) is 0 Å². The number of fused-ring (bicyclic) bond motifs is 1. The van der Waals surface area contributed by atoms with Crippen LogP contribution in [0.4, 0.5) is 0 Å². The molecule has 0 spiro atoms. The van der Waals surface area contributed by atoms with Gasteiger partial charge in [0.2, 0.25) is 0 Å². The summed E-state index contributed by atoms with van der Waals surface area (Å²) in [4.78, 5) is 22.6. The number of hydrogen-bond donors (Lipinski definition) is 1. The van der Waals surface area contributed by atoms with E-state index in [2.05, 4.69) is 10.1 Å². The maximum absolute atomic E-state index is 11.5. The number of carbonyl (C=O) groups excluding carboxylic acids is 2. The SMILES string of the molecule is COC(=O)/C=C1\N[C@H]2CCCC[C@@H]2OC1=O. The molecule has 0 aromatic carbocycles. The van der Waals surface area contributed by atoms with Crippen molar-refractivity contribution in [3.05, 3.63) is 11.8 Å². The van der Waals surface area contributed by atoms with Gasteiger partial charge in [0.25, 0.3) is 0 Å². The largest absolute Gasteiger partial charge is 0.466 e. The van der Waals surface area contributed by atoms with Gasteiger partial charge in [0.05, 0.1) is 19.2 Å². The Balaban J connectivity index is 2.08. The number of rotatable bonds is 1. The zero-order valence-corrected chi connectivity index (χ0v) is 9.19. The monoisotopic (exact) mass is 225 g/mol. The van der Waals surface area contributed by atoms with Crippen molar-refractivity contribution >= 4 is 11.9 Å². The molecular weight excluding hydrogens is 210 g/mol. The van der Waals surface area contributed by atoms with Crippen molar-refractivity contribution in [1.82, 2.24) is 5.32 Å². The van der Waals surface area contributed by atoms with Gasteiger partial charge in [-0.25, -0.2) is 9.59 Å². The van der Waals surface area contributed by atoms with E-state index < -0.39 is 11.9 Å². The molecule has 0 unspecified atom stereocenters. The molecule has 0 bridgehead atoms. The van der Waals surface area contributed by atoms with Crippen LogP contribution >= 0.6 is 0 Å². The van der Waals surface area contributed by atoms with Crippen molar-refractivity contribution < 1.29 is 19.1 Å². The molecule has 1 aliphatic carbocycles. The van der Waals surface area contributed by atoms with E-state index in [1.165, 1.54) is 7.11 Å². The predicted octanol–water partition coefficient (Wildman–Crippen LogP) is 0.501. The van der Waals surface area contributed by atoms with Crippen LogP contribution in [0, 0.1) is 0 Å². The van der Waals surface area contributed by atoms with E-state index in [4.69, 9.17) is 4.74 Å². The summed E-state index contributed by atoms with van der Waals surface area (Å²) in [6.07, 6.45) is 5.18. The first-order valence-corrected chi connectivity index (χ1v) is 5.48. The van der Waals surface area contributed by atoms with Crippen molar-refractivity contribution in [3.63, 3.8) is 0 Å². The van der Waals surface area contributed by atoms with Gasteiger partial charge in [0.15, 0.2) is 0 Å². The molecule has 1 N–H and O–H groups in total. The smallest absolute Gasteiger partial charge is 0.355 e. The van der Waals surface area contributed by atoms with Crippen LogP contribution in [0.15, 0.2) is 11.8 Å². The van der Waals surface area contributed by atoms with Gasteiger partial charge in [-0.3, -0.25) is 0 Å². The molecule has 1 saturated carbocycles. The summed E-state index contributed by atoms with van der Waals surface area (Å²) in [6.45, 7) is 0. The zero-order chi connectivity index (χ0) is 11.5. The number of nitrogens with one attached hydrogen (secondary N) is 1. The third-order valence-electron chi connectivity index (χ3n) is 2.99. The molecule has 1 heterocycles. The van der Waals surface area contributed by atoms with Gasteiger partial charge in [0.1, 0.15) is 11.8 Å². The summed E-state index contributed by atoms with van der Waals surface area (Å²) in [5, 5.41) is 3.06. The average molecular weight is 225 g/mol. The molecule has 1 aliphatic heterocycles. The Labute approximate surface area is 93.8 Å². The molecule has 1 saturated heterocycles. The van der Waals surface area contributed by atoms with Crippen LogP contribution in [0.5, 0.6) is 0 Å². The minimum absolute atomic E-state index is 0.0453. The molecule has 88 valence electrons. The lowest BCUT2D eigenvalue weighted by Gasteiger charge is -2.36. The molecule has 0 aromatic heterocycles. The normalized spacial score (nSPS) is 31.3. The number of ether oxygens (including phenoxy) is 2. The van der Waals surface area contributed by atoms with Crippen molar-refractivity contribution in [2.45, 2.75) is 37.8 Å². The Hall–Kier alpha value is -1.52. The van der Waals surface area contributed by atoms with Crippen LogP contribution in [0.1, 0.15) is 25.7 Å². The summed E-state index contributed by atoms with van der Waals surface area (Å²) >= 11 is 0. The van der Waals surface area contributed by atoms with Crippen LogP contribution in [0.25, 0.3) is 0 Å². The van der Waals surface area contributed by atoms with E-state index in [1.54, 1.807) is 0 Å². The first-order chi connectivity index (χ1) is 7.70. The Bertz CT molecular complexity index is 337. The maximum atomic E-state index is 11.5. The van der Waals surface area contributed by atoms with E-state index in [0.29, 0.717) is 0 Å². The second-order valence-electron chi connectivity index (χ2n) is 4.06. The molecule has 5 heteroatoms. The lowest BCUT2D eigenvalue weighted by molar-refractivity contribution is -0.152. The van der Waals surface area contributed by atoms with E-state index in [-0.39, 0.29) is 17.8 Å². The van der Waals surface area contributed by atoms with Gasteiger partial charge in [-0.15, -0.1) is 0 Å². The molecule has 2 atom stereocenters. The molecule has 0 radical (unpaired) electrons. The zero-order valence-electron chi connectivity index (χ0n) is 9.19. The molecule has 5 nitrogen and oxygen atoms in total. The molecule has 0 amide bonds. The van der Waals surface area contributed by atoms with E-state index in [1.807, 2.05) is 0 Å². The molecular formula is C11H15NO4. The molecule has 2 rings (SSSR count). The Kier molecular flexibility index (Phi) is 3.12. The first-order valence-electron chi connectivity index (χ1n) is 5.48. The van der Waals surface area contributed by atoms with E-state index in [0.717, 1.165) is 31.8 Å². The van der Waals surface area contributed by atoms with Crippen LogP contribution < -0.4 is 5.32 Å². The molecule has 2 aliphatic rings. The summed E-state index contributed by atoms with van der Waals surface area (Å²) in [6, 6.07) is 0.141. The lowest BCUT2D eigenvalue weighted by Crippen LogP contribution is -2.50. The number of hydrogen-bond acceptors (Lipinski definition) is 5. The van der Waals surface area contributed by atoms with E-state index in [9.17, 15) is 9.59 Å². The minimum atomic E-state index is -0.547. The highest BCUT2D eigenvalue weighted by Crippen LogP contribution is 2.25. The van der Waals surface area contributed by atoms with Crippen LogP contribution in [-0.2, 0) is 19.1 Å². The fourth-order valence-electron chi connectivity index (χ4n) is 2.14.